The molecule has 0 bridgehead atoms. The lowest BCUT2D eigenvalue weighted by Gasteiger charge is -1.97. The fourth-order valence-corrected chi connectivity index (χ4v) is 1.67. The van der Waals surface area contributed by atoms with E-state index in [0.717, 1.165) is 0 Å². The van der Waals surface area contributed by atoms with Crippen LogP contribution in [0.1, 0.15) is 0 Å². The monoisotopic (exact) mass is 183 g/mol. The third-order valence-electron chi connectivity index (χ3n) is 1.28. The van der Waals surface area contributed by atoms with Crippen molar-refractivity contribution in [2.45, 2.75) is 4.90 Å². The molecular weight excluding hydrogens is 174 g/mol. The number of nitrogens with two attached hydrogens (primary N) is 1. The van der Waals surface area contributed by atoms with Crippen LogP contribution in [-0.2, 0) is 15.6 Å². The highest BCUT2D eigenvalue weighted by atomic mass is 32.2. The first-order valence-corrected chi connectivity index (χ1v) is 4.74. The Morgan fingerprint density at radius 3 is 2.42 bits per heavy atom. The average Bonchev–Trinajstić information content (AvgIpc) is 2.05. The summed E-state index contributed by atoms with van der Waals surface area (Å²) < 4.78 is 11.3. The molecule has 1 rings (SSSR count). The van der Waals surface area contributed by atoms with Crippen LogP contribution >= 0.6 is 0 Å². The van der Waals surface area contributed by atoms with E-state index in [1.54, 1.807) is 24.3 Å². The normalized spacial score (nSPS) is 12.3. The minimum atomic E-state index is -1.29. The molecule has 0 aromatic heterocycles. The molecule has 12 heavy (non-hydrogen) atoms. The molecule has 0 fully saturated rings. The molecule has 0 heterocycles. The number of hydrogen-bond donors (Lipinski definition) is 1. The van der Waals surface area contributed by atoms with Crippen LogP contribution in [0.2, 0.25) is 0 Å². The number of benzene rings is 1. The fraction of sp³-hybridized carbons (Fsp3) is 0.125. The number of amides is 1. The van der Waals surface area contributed by atoms with E-state index in [-0.39, 0.29) is 5.75 Å². The molecule has 0 saturated carbocycles. The van der Waals surface area contributed by atoms with Crippen molar-refractivity contribution in [3.63, 3.8) is 0 Å². The SMILES string of the molecule is NC(=O)C[S@](=O)c1ccccc1. The minimum absolute atomic E-state index is 0.107. The summed E-state index contributed by atoms with van der Waals surface area (Å²) in [6.07, 6.45) is 0. The maximum Gasteiger partial charge on any atom is 0.230 e. The zero-order valence-corrected chi connectivity index (χ0v) is 7.21. The van der Waals surface area contributed by atoms with E-state index >= 15 is 0 Å². The first-order chi connectivity index (χ1) is 5.70. The van der Waals surface area contributed by atoms with Gasteiger partial charge in [0.05, 0.1) is 10.8 Å². The summed E-state index contributed by atoms with van der Waals surface area (Å²) >= 11 is 0. The Labute approximate surface area is 73.0 Å². The Kier molecular flexibility index (Phi) is 2.99. The third-order valence-corrected chi connectivity index (χ3v) is 2.62. The molecule has 1 aromatic carbocycles. The first kappa shape index (κ1) is 8.93. The van der Waals surface area contributed by atoms with Gasteiger partial charge < -0.3 is 5.73 Å². The Morgan fingerprint density at radius 2 is 1.92 bits per heavy atom. The molecule has 0 unspecified atom stereocenters. The Hall–Kier alpha value is -1.16. The van der Waals surface area contributed by atoms with Gasteiger partial charge >= 0.3 is 0 Å². The van der Waals surface area contributed by atoms with Crippen LogP contribution < -0.4 is 5.73 Å². The van der Waals surface area contributed by atoms with Crippen LogP contribution in [0.3, 0.4) is 0 Å². The topological polar surface area (TPSA) is 60.2 Å². The van der Waals surface area contributed by atoms with Gasteiger partial charge in [-0.2, -0.15) is 0 Å². The van der Waals surface area contributed by atoms with Gasteiger partial charge in [0.1, 0.15) is 5.75 Å². The van der Waals surface area contributed by atoms with Gasteiger partial charge in [-0.1, -0.05) is 18.2 Å². The smallest absolute Gasteiger partial charge is 0.230 e. The molecule has 3 nitrogen and oxygen atoms in total. The number of carbonyl (C=O) groups is 1. The van der Waals surface area contributed by atoms with Gasteiger partial charge in [-0.25, -0.2) is 0 Å². The van der Waals surface area contributed by atoms with E-state index in [1.165, 1.54) is 0 Å². The second-order valence-corrected chi connectivity index (χ2v) is 3.72. The summed E-state index contributed by atoms with van der Waals surface area (Å²) in [5.41, 5.74) is 4.90. The van der Waals surface area contributed by atoms with Crippen molar-refractivity contribution >= 4 is 16.7 Å². The predicted molar refractivity (Wildman–Crippen MR) is 46.9 cm³/mol. The minimum Gasteiger partial charge on any atom is -0.369 e. The third kappa shape index (κ3) is 2.47. The number of hydrogen-bond acceptors (Lipinski definition) is 2. The van der Waals surface area contributed by atoms with Crippen LogP contribution in [-0.4, -0.2) is 15.9 Å². The van der Waals surface area contributed by atoms with E-state index < -0.39 is 16.7 Å². The van der Waals surface area contributed by atoms with Crippen molar-refractivity contribution in [2.24, 2.45) is 5.73 Å². The summed E-state index contributed by atoms with van der Waals surface area (Å²) in [5, 5.41) is 0. The zero-order chi connectivity index (χ0) is 8.97. The Morgan fingerprint density at radius 1 is 1.33 bits per heavy atom. The maximum atomic E-state index is 11.3. The molecule has 0 aliphatic rings. The van der Waals surface area contributed by atoms with Crippen molar-refractivity contribution in [1.29, 1.82) is 0 Å². The molecule has 1 atom stereocenters. The lowest BCUT2D eigenvalue weighted by molar-refractivity contribution is -0.115. The van der Waals surface area contributed by atoms with Crippen molar-refractivity contribution in [3.05, 3.63) is 30.3 Å². The molecule has 4 heteroatoms. The van der Waals surface area contributed by atoms with Crippen LogP contribution in [0.15, 0.2) is 35.2 Å². The summed E-state index contributed by atoms with van der Waals surface area (Å²) in [6.45, 7) is 0. The van der Waals surface area contributed by atoms with Crippen molar-refractivity contribution in [2.75, 3.05) is 5.75 Å². The van der Waals surface area contributed by atoms with E-state index in [2.05, 4.69) is 0 Å². The summed E-state index contributed by atoms with van der Waals surface area (Å²) in [4.78, 5) is 11.0. The van der Waals surface area contributed by atoms with Gasteiger partial charge in [-0.15, -0.1) is 0 Å². The highest BCUT2D eigenvalue weighted by Gasteiger charge is 2.05. The largest absolute Gasteiger partial charge is 0.369 e. The Bertz CT molecular complexity index is 297. The van der Waals surface area contributed by atoms with Crippen LogP contribution in [0.4, 0.5) is 0 Å². The van der Waals surface area contributed by atoms with Gasteiger partial charge in [-0.3, -0.25) is 9.00 Å². The van der Waals surface area contributed by atoms with E-state index in [0.29, 0.717) is 4.90 Å². The van der Waals surface area contributed by atoms with Crippen molar-refractivity contribution in [1.82, 2.24) is 0 Å². The Balaban J connectivity index is 2.73. The van der Waals surface area contributed by atoms with Crippen molar-refractivity contribution in [3.8, 4) is 0 Å². The fourth-order valence-electron chi connectivity index (χ4n) is 0.785. The molecule has 0 saturated heterocycles. The molecule has 0 spiro atoms. The summed E-state index contributed by atoms with van der Waals surface area (Å²) in [7, 11) is -1.29. The van der Waals surface area contributed by atoms with Crippen LogP contribution in [0, 0.1) is 0 Å². The van der Waals surface area contributed by atoms with E-state index in [9.17, 15) is 9.00 Å². The van der Waals surface area contributed by atoms with Crippen LogP contribution in [0.5, 0.6) is 0 Å². The number of primary amides is 1. The molecule has 1 amide bonds. The highest BCUT2D eigenvalue weighted by molar-refractivity contribution is 7.85. The quantitative estimate of drug-likeness (QED) is 0.731. The van der Waals surface area contributed by atoms with Gasteiger partial charge in [0.2, 0.25) is 5.91 Å². The van der Waals surface area contributed by atoms with Crippen LogP contribution in [0.25, 0.3) is 0 Å². The predicted octanol–water partition coefficient (Wildman–Crippen LogP) is 0.279. The molecule has 0 aliphatic heterocycles. The second-order valence-electron chi connectivity index (χ2n) is 2.27. The van der Waals surface area contributed by atoms with Gasteiger partial charge in [0.15, 0.2) is 0 Å². The van der Waals surface area contributed by atoms with Gasteiger partial charge in [-0.05, 0) is 12.1 Å². The van der Waals surface area contributed by atoms with Gasteiger partial charge in [0.25, 0.3) is 0 Å². The lowest BCUT2D eigenvalue weighted by Crippen LogP contribution is -2.19. The molecular formula is C8H9NO2S. The van der Waals surface area contributed by atoms with E-state index in [1.807, 2.05) is 6.07 Å². The summed E-state index contributed by atoms with van der Waals surface area (Å²) in [5.74, 6) is -0.651. The summed E-state index contributed by atoms with van der Waals surface area (Å²) in [6, 6.07) is 8.78. The maximum absolute atomic E-state index is 11.3. The molecule has 0 radical (unpaired) electrons. The van der Waals surface area contributed by atoms with Crippen molar-refractivity contribution < 1.29 is 9.00 Å². The first-order valence-electron chi connectivity index (χ1n) is 3.42. The highest BCUT2D eigenvalue weighted by Crippen LogP contribution is 2.04. The number of carbonyl (C=O) groups excluding carboxylic acids is 1. The standard InChI is InChI=1S/C8H9NO2S/c9-8(10)6-12(11)7-4-2-1-3-5-7/h1-5H,6H2,(H2,9,10)/t12-/m0/s1. The second kappa shape index (κ2) is 4.01. The lowest BCUT2D eigenvalue weighted by atomic mass is 10.4. The zero-order valence-electron chi connectivity index (χ0n) is 6.40. The number of rotatable bonds is 3. The molecule has 0 aliphatic carbocycles. The molecule has 64 valence electrons. The van der Waals surface area contributed by atoms with Gasteiger partial charge in [0, 0.05) is 4.90 Å². The average molecular weight is 183 g/mol. The molecule has 1 aromatic rings. The molecule has 2 N–H and O–H groups in total. The van der Waals surface area contributed by atoms with E-state index in [4.69, 9.17) is 5.73 Å².